The number of piperidine rings is 1. The van der Waals surface area contributed by atoms with Gasteiger partial charge in [0.1, 0.15) is 5.82 Å². The Morgan fingerprint density at radius 3 is 2.67 bits per heavy atom. The van der Waals surface area contributed by atoms with E-state index in [0.29, 0.717) is 11.9 Å². The van der Waals surface area contributed by atoms with Gasteiger partial charge in [0.05, 0.1) is 0 Å². The van der Waals surface area contributed by atoms with E-state index in [1.807, 2.05) is 6.07 Å². The summed E-state index contributed by atoms with van der Waals surface area (Å²) in [5.41, 5.74) is 7.35. The number of aromatic nitrogens is 1. The van der Waals surface area contributed by atoms with E-state index < -0.39 is 0 Å². The van der Waals surface area contributed by atoms with Gasteiger partial charge in [-0.3, -0.25) is 4.90 Å². The smallest absolute Gasteiger partial charge is 0.126 e. The van der Waals surface area contributed by atoms with Crippen LogP contribution in [0, 0.1) is 0 Å². The summed E-state index contributed by atoms with van der Waals surface area (Å²) in [5, 5.41) is 3.54. The van der Waals surface area contributed by atoms with E-state index in [9.17, 15) is 0 Å². The summed E-state index contributed by atoms with van der Waals surface area (Å²) in [4.78, 5) is 6.89. The highest BCUT2D eigenvalue weighted by Crippen LogP contribution is 2.29. The van der Waals surface area contributed by atoms with Gasteiger partial charge in [0, 0.05) is 17.8 Å². The van der Waals surface area contributed by atoms with Gasteiger partial charge in [0.2, 0.25) is 0 Å². The molecule has 2 heterocycles. The first-order valence-electron chi connectivity index (χ1n) is 8.23. The molecule has 4 heteroatoms. The van der Waals surface area contributed by atoms with Crippen molar-refractivity contribution in [3.8, 4) is 0 Å². The first kappa shape index (κ1) is 16.2. The lowest BCUT2D eigenvalue weighted by Gasteiger charge is -2.48. The van der Waals surface area contributed by atoms with E-state index in [4.69, 9.17) is 5.73 Å². The Bertz CT molecular complexity index is 442. The maximum absolute atomic E-state index is 6.03. The minimum atomic E-state index is 0.164. The fourth-order valence-electron chi connectivity index (χ4n) is 3.57. The number of nitrogens with two attached hydrogens (primary N) is 1. The van der Waals surface area contributed by atoms with Crippen molar-refractivity contribution < 1.29 is 0 Å². The van der Waals surface area contributed by atoms with E-state index in [-0.39, 0.29) is 5.54 Å². The second-order valence-corrected chi connectivity index (χ2v) is 6.35. The van der Waals surface area contributed by atoms with E-state index in [0.717, 1.165) is 18.4 Å². The van der Waals surface area contributed by atoms with Crippen molar-refractivity contribution in [2.24, 2.45) is 0 Å². The molecule has 0 radical (unpaired) electrons. The number of likely N-dealkylation sites (N-methyl/N-ethyl adjacent to an activating group) is 1. The third kappa shape index (κ3) is 3.55. The molecule has 1 aromatic heterocycles. The fourth-order valence-corrected chi connectivity index (χ4v) is 3.57. The van der Waals surface area contributed by atoms with Crippen LogP contribution in [0.15, 0.2) is 18.3 Å². The number of likely N-dealkylation sites (tertiary alicyclic amines) is 1. The Hall–Kier alpha value is -1.13. The maximum Gasteiger partial charge on any atom is 0.126 e. The molecule has 0 bridgehead atoms. The van der Waals surface area contributed by atoms with Gasteiger partial charge in [0.15, 0.2) is 0 Å². The van der Waals surface area contributed by atoms with Crippen molar-refractivity contribution in [3.63, 3.8) is 0 Å². The third-order valence-electron chi connectivity index (χ3n) is 5.24. The quantitative estimate of drug-likeness (QED) is 0.845. The van der Waals surface area contributed by atoms with Crippen LogP contribution in [-0.4, -0.2) is 41.6 Å². The Kier molecular flexibility index (Phi) is 5.59. The van der Waals surface area contributed by atoms with Crippen LogP contribution in [-0.2, 0) is 6.42 Å². The minimum absolute atomic E-state index is 0.164. The van der Waals surface area contributed by atoms with Crippen LogP contribution in [0.5, 0.6) is 0 Å². The molecule has 0 aromatic carbocycles. The van der Waals surface area contributed by atoms with Crippen LogP contribution < -0.4 is 11.1 Å². The van der Waals surface area contributed by atoms with E-state index in [1.54, 1.807) is 6.20 Å². The van der Waals surface area contributed by atoms with Gasteiger partial charge in [-0.15, -0.1) is 0 Å². The molecule has 0 spiro atoms. The number of hydrogen-bond donors (Lipinski definition) is 2. The Balaban J connectivity index is 2.18. The van der Waals surface area contributed by atoms with Crippen molar-refractivity contribution in [2.45, 2.75) is 57.5 Å². The maximum atomic E-state index is 6.03. The molecule has 0 aliphatic carbocycles. The van der Waals surface area contributed by atoms with Crippen LogP contribution in [0.25, 0.3) is 0 Å². The average Bonchev–Trinajstić information content (AvgIpc) is 2.54. The van der Waals surface area contributed by atoms with Gasteiger partial charge in [-0.2, -0.15) is 0 Å². The lowest BCUT2D eigenvalue weighted by Crippen LogP contribution is -2.60. The molecule has 0 saturated carbocycles. The first-order valence-corrected chi connectivity index (χ1v) is 8.23. The normalized spacial score (nSPS) is 20.9. The van der Waals surface area contributed by atoms with Crippen LogP contribution in [0.2, 0.25) is 0 Å². The molecular formula is C17H30N4. The summed E-state index contributed by atoms with van der Waals surface area (Å²) < 4.78 is 0. The predicted molar refractivity (Wildman–Crippen MR) is 89.3 cm³/mol. The highest BCUT2D eigenvalue weighted by molar-refractivity contribution is 5.39. The zero-order valence-electron chi connectivity index (χ0n) is 13.7. The third-order valence-corrected chi connectivity index (χ3v) is 5.24. The van der Waals surface area contributed by atoms with E-state index in [2.05, 4.69) is 42.2 Å². The van der Waals surface area contributed by atoms with Gasteiger partial charge in [0.25, 0.3) is 0 Å². The highest BCUT2D eigenvalue weighted by Gasteiger charge is 2.38. The summed E-state index contributed by atoms with van der Waals surface area (Å²) in [6, 6.07) is 4.45. The Morgan fingerprint density at radius 2 is 2.10 bits per heavy atom. The molecule has 2 atom stereocenters. The molecular weight excluding hydrogens is 260 g/mol. The molecule has 2 unspecified atom stereocenters. The number of pyridine rings is 1. The van der Waals surface area contributed by atoms with Crippen molar-refractivity contribution in [1.82, 2.24) is 15.2 Å². The summed E-state index contributed by atoms with van der Waals surface area (Å²) in [6.45, 7) is 7.12. The van der Waals surface area contributed by atoms with Gasteiger partial charge in [-0.05, 0) is 64.4 Å². The van der Waals surface area contributed by atoms with Gasteiger partial charge in [-0.25, -0.2) is 4.98 Å². The summed E-state index contributed by atoms with van der Waals surface area (Å²) in [5.74, 6) is 0.662. The number of nitrogens with zero attached hydrogens (tertiary/aromatic N) is 2. The zero-order chi connectivity index (χ0) is 15.3. The number of nitrogens with one attached hydrogen (secondary N) is 1. The molecule has 21 heavy (non-hydrogen) atoms. The molecule has 4 nitrogen and oxygen atoms in total. The largest absolute Gasteiger partial charge is 0.383 e. The number of anilines is 1. The Labute approximate surface area is 129 Å². The summed E-state index contributed by atoms with van der Waals surface area (Å²) in [7, 11) is 2.06. The van der Waals surface area contributed by atoms with Crippen LogP contribution >= 0.6 is 0 Å². The monoisotopic (exact) mass is 290 g/mol. The van der Waals surface area contributed by atoms with Crippen molar-refractivity contribution in [3.05, 3.63) is 23.9 Å². The zero-order valence-corrected chi connectivity index (χ0v) is 13.7. The van der Waals surface area contributed by atoms with Crippen molar-refractivity contribution in [1.29, 1.82) is 0 Å². The lowest BCUT2D eigenvalue weighted by atomic mass is 9.82. The van der Waals surface area contributed by atoms with Crippen molar-refractivity contribution >= 4 is 5.82 Å². The van der Waals surface area contributed by atoms with Gasteiger partial charge in [-0.1, -0.05) is 19.4 Å². The Morgan fingerprint density at radius 1 is 1.38 bits per heavy atom. The van der Waals surface area contributed by atoms with E-state index in [1.165, 1.54) is 32.4 Å². The second-order valence-electron chi connectivity index (χ2n) is 6.35. The minimum Gasteiger partial charge on any atom is -0.383 e. The van der Waals surface area contributed by atoms with Crippen LogP contribution in [0.4, 0.5) is 5.82 Å². The average molecular weight is 290 g/mol. The van der Waals surface area contributed by atoms with E-state index >= 15 is 0 Å². The SMILES string of the molecule is CCC(C)(C(Cc1cccnc1N)NC)N1CCCCC1. The van der Waals surface area contributed by atoms with Gasteiger partial charge < -0.3 is 11.1 Å². The molecule has 1 aromatic rings. The molecule has 3 N–H and O–H groups in total. The lowest BCUT2D eigenvalue weighted by molar-refractivity contribution is 0.0453. The topological polar surface area (TPSA) is 54.2 Å². The second kappa shape index (κ2) is 7.23. The number of hydrogen-bond acceptors (Lipinski definition) is 4. The van der Waals surface area contributed by atoms with Crippen LogP contribution in [0.1, 0.15) is 45.1 Å². The molecule has 1 saturated heterocycles. The molecule has 0 amide bonds. The molecule has 2 rings (SSSR count). The molecule has 1 fully saturated rings. The summed E-state index contributed by atoms with van der Waals surface area (Å²) >= 11 is 0. The number of rotatable bonds is 6. The molecule has 1 aliphatic rings. The highest BCUT2D eigenvalue weighted by atomic mass is 15.2. The first-order chi connectivity index (χ1) is 10.1. The van der Waals surface area contributed by atoms with Crippen molar-refractivity contribution in [2.75, 3.05) is 25.9 Å². The summed E-state index contributed by atoms with van der Waals surface area (Å²) in [6.07, 6.45) is 7.84. The molecule has 118 valence electrons. The number of nitrogen functional groups attached to an aromatic ring is 1. The molecule has 1 aliphatic heterocycles. The van der Waals surface area contributed by atoms with Crippen LogP contribution in [0.3, 0.4) is 0 Å². The predicted octanol–water partition coefficient (Wildman–Crippen LogP) is 2.45. The van der Waals surface area contributed by atoms with Gasteiger partial charge >= 0.3 is 0 Å². The standard InChI is InChI=1S/C17H30N4/c1-4-17(2,21-11-6-5-7-12-21)15(19-3)13-14-9-8-10-20-16(14)18/h8-10,15,19H,4-7,11-13H2,1-3H3,(H2,18,20). The fraction of sp³-hybridized carbons (Fsp3) is 0.706.